The van der Waals surface area contributed by atoms with Gasteiger partial charge in [-0.05, 0) is 44.9 Å². The van der Waals surface area contributed by atoms with Crippen molar-refractivity contribution >= 4 is 10.0 Å². The maximum absolute atomic E-state index is 12.8. The van der Waals surface area contributed by atoms with Gasteiger partial charge < -0.3 is 5.11 Å². The highest BCUT2D eigenvalue weighted by molar-refractivity contribution is 7.89. The molecule has 0 fully saturated rings. The van der Waals surface area contributed by atoms with E-state index in [1.807, 2.05) is 20.8 Å². The second kappa shape index (κ2) is 6.61. The van der Waals surface area contributed by atoms with Crippen molar-refractivity contribution in [3.05, 3.63) is 29.3 Å². The molecule has 0 unspecified atom stereocenters. The predicted octanol–water partition coefficient (Wildman–Crippen LogP) is 2.15. The van der Waals surface area contributed by atoms with Crippen molar-refractivity contribution in [1.29, 1.82) is 0 Å². The average Bonchev–Trinajstić information content (AvgIpc) is 2.45. The Morgan fingerprint density at radius 1 is 1.33 bits per heavy atom. The topological polar surface area (TPSA) is 57.6 Å². The molecule has 0 heterocycles. The van der Waals surface area contributed by atoms with Crippen LogP contribution in [0.5, 0.6) is 0 Å². The van der Waals surface area contributed by atoms with Gasteiger partial charge in [-0.1, -0.05) is 24.8 Å². The minimum Gasteiger partial charge on any atom is -0.384 e. The number of benzene rings is 1. The highest BCUT2D eigenvalue weighted by atomic mass is 32.2. The van der Waals surface area contributed by atoms with Gasteiger partial charge in [-0.25, -0.2) is 8.42 Å². The van der Waals surface area contributed by atoms with Crippen molar-refractivity contribution in [1.82, 2.24) is 4.31 Å². The Balaban J connectivity index is 3.38. The van der Waals surface area contributed by atoms with Gasteiger partial charge in [-0.3, -0.25) is 0 Å². The van der Waals surface area contributed by atoms with Gasteiger partial charge in [0, 0.05) is 18.2 Å². The van der Waals surface area contributed by atoms with E-state index in [0.29, 0.717) is 17.5 Å². The zero-order valence-corrected chi connectivity index (χ0v) is 14.1. The lowest BCUT2D eigenvalue weighted by molar-refractivity contribution is 0.257. The Labute approximate surface area is 127 Å². The van der Waals surface area contributed by atoms with E-state index in [1.54, 1.807) is 32.2 Å². The van der Waals surface area contributed by atoms with E-state index in [0.717, 1.165) is 0 Å². The zero-order valence-electron chi connectivity index (χ0n) is 13.3. The predicted molar refractivity (Wildman–Crippen MR) is 84.5 cm³/mol. The van der Waals surface area contributed by atoms with Gasteiger partial charge in [0.25, 0.3) is 0 Å². The minimum absolute atomic E-state index is 0.251. The molecule has 1 rings (SSSR count). The molecule has 0 aliphatic heterocycles. The van der Waals surface area contributed by atoms with E-state index in [-0.39, 0.29) is 11.5 Å². The van der Waals surface area contributed by atoms with E-state index in [9.17, 15) is 8.42 Å². The van der Waals surface area contributed by atoms with Crippen LogP contribution in [-0.4, -0.2) is 37.0 Å². The lowest BCUT2D eigenvalue weighted by Gasteiger charge is -2.34. The Morgan fingerprint density at radius 3 is 2.48 bits per heavy atom. The average molecular weight is 309 g/mol. The Bertz CT molecular complexity index is 666. The number of rotatable bonds is 4. The molecule has 0 bridgehead atoms. The molecule has 21 heavy (non-hydrogen) atoms. The summed E-state index contributed by atoms with van der Waals surface area (Å²) in [4.78, 5) is 0.260. The minimum atomic E-state index is -3.58. The molecule has 0 aliphatic rings. The number of aryl methyl sites for hydroxylation is 1. The highest BCUT2D eigenvalue weighted by Crippen LogP contribution is 2.27. The molecule has 1 aromatic rings. The molecule has 116 valence electrons. The van der Waals surface area contributed by atoms with Crippen LogP contribution < -0.4 is 0 Å². The molecule has 1 aromatic carbocycles. The van der Waals surface area contributed by atoms with Crippen LogP contribution in [0.25, 0.3) is 0 Å². The normalized spacial score (nSPS) is 12.1. The van der Waals surface area contributed by atoms with Crippen molar-refractivity contribution in [2.24, 2.45) is 0 Å². The second-order valence-electron chi connectivity index (χ2n) is 5.58. The monoisotopic (exact) mass is 309 g/mol. The van der Waals surface area contributed by atoms with E-state index >= 15 is 0 Å². The second-order valence-corrected chi connectivity index (χ2v) is 7.52. The van der Waals surface area contributed by atoms with Gasteiger partial charge in [0.1, 0.15) is 6.61 Å². The summed E-state index contributed by atoms with van der Waals surface area (Å²) in [6, 6.07) is 5.05. The molecule has 0 saturated carbocycles. The summed E-state index contributed by atoms with van der Waals surface area (Å²) in [6.45, 7) is 7.27. The first-order valence-electron chi connectivity index (χ1n) is 6.86. The van der Waals surface area contributed by atoms with Crippen LogP contribution in [-0.2, 0) is 10.0 Å². The maximum Gasteiger partial charge on any atom is 0.243 e. The first-order valence-corrected chi connectivity index (χ1v) is 8.30. The Morgan fingerprint density at radius 2 is 1.95 bits per heavy atom. The molecule has 0 aliphatic carbocycles. The third kappa shape index (κ3) is 3.85. The fourth-order valence-electron chi connectivity index (χ4n) is 1.79. The van der Waals surface area contributed by atoms with Crippen molar-refractivity contribution in [2.75, 3.05) is 13.7 Å². The molecule has 0 amide bonds. The van der Waals surface area contributed by atoms with Gasteiger partial charge in [0.15, 0.2) is 0 Å². The smallest absolute Gasteiger partial charge is 0.243 e. The lowest BCUT2D eigenvalue weighted by Crippen LogP contribution is -2.44. The quantitative estimate of drug-likeness (QED) is 0.867. The summed E-state index contributed by atoms with van der Waals surface area (Å²) in [5.74, 6) is 5.27. The summed E-state index contributed by atoms with van der Waals surface area (Å²) in [5.41, 5.74) is 0.803. The SMILES string of the molecule is CCC(C)(C)N(C)S(=O)(=O)c1cc(C#CCO)ccc1C. The molecule has 5 heteroatoms. The number of hydrogen-bond donors (Lipinski definition) is 1. The third-order valence-electron chi connectivity index (χ3n) is 3.86. The molecule has 4 nitrogen and oxygen atoms in total. The van der Waals surface area contributed by atoms with Crippen LogP contribution in [0.2, 0.25) is 0 Å². The summed E-state index contributed by atoms with van der Waals surface area (Å²) >= 11 is 0. The fraction of sp³-hybridized carbons (Fsp3) is 0.500. The summed E-state index contributed by atoms with van der Waals surface area (Å²) in [7, 11) is -1.98. The van der Waals surface area contributed by atoms with Gasteiger partial charge in [0.05, 0.1) is 4.90 Å². The van der Waals surface area contributed by atoms with Crippen LogP contribution >= 0.6 is 0 Å². The Kier molecular flexibility index (Phi) is 5.57. The zero-order chi connectivity index (χ0) is 16.3. The van der Waals surface area contributed by atoms with Crippen LogP contribution in [0.15, 0.2) is 23.1 Å². The van der Waals surface area contributed by atoms with Gasteiger partial charge in [0.2, 0.25) is 10.0 Å². The molecular weight excluding hydrogens is 286 g/mol. The molecular formula is C16H23NO3S. The standard InChI is InChI=1S/C16H23NO3S/c1-6-16(3,4)17(5)21(19,20)15-12-14(8-7-11-18)10-9-13(15)2/h9-10,12,18H,6,11H2,1-5H3. The maximum atomic E-state index is 12.8. The van der Waals surface area contributed by atoms with E-state index in [1.165, 1.54) is 4.31 Å². The summed E-state index contributed by atoms with van der Waals surface area (Å²) < 4.78 is 27.0. The highest BCUT2D eigenvalue weighted by Gasteiger charge is 2.33. The van der Waals surface area contributed by atoms with Crippen LogP contribution in [0.3, 0.4) is 0 Å². The number of nitrogens with zero attached hydrogens (tertiary/aromatic N) is 1. The summed E-state index contributed by atoms with van der Waals surface area (Å²) in [6.07, 6.45) is 0.714. The number of sulfonamides is 1. The van der Waals surface area contributed by atoms with Crippen LogP contribution in [0.4, 0.5) is 0 Å². The lowest BCUT2D eigenvalue weighted by atomic mass is 10.0. The first kappa shape index (κ1) is 17.7. The fourth-order valence-corrected chi connectivity index (χ4v) is 3.62. The number of aliphatic hydroxyl groups excluding tert-OH is 1. The van der Waals surface area contributed by atoms with E-state index < -0.39 is 15.6 Å². The van der Waals surface area contributed by atoms with Crippen molar-refractivity contribution in [2.45, 2.75) is 44.6 Å². The van der Waals surface area contributed by atoms with E-state index in [4.69, 9.17) is 5.11 Å². The number of hydrogen-bond acceptors (Lipinski definition) is 3. The van der Waals surface area contributed by atoms with Crippen molar-refractivity contribution in [3.8, 4) is 11.8 Å². The van der Waals surface area contributed by atoms with Crippen LogP contribution in [0, 0.1) is 18.8 Å². The largest absolute Gasteiger partial charge is 0.384 e. The molecule has 0 saturated heterocycles. The van der Waals surface area contributed by atoms with Crippen molar-refractivity contribution in [3.63, 3.8) is 0 Å². The van der Waals surface area contributed by atoms with Gasteiger partial charge in [-0.2, -0.15) is 4.31 Å². The third-order valence-corrected chi connectivity index (χ3v) is 6.07. The Hall–Kier alpha value is -1.35. The first-order chi connectivity index (χ1) is 9.66. The van der Waals surface area contributed by atoms with Crippen molar-refractivity contribution < 1.29 is 13.5 Å². The van der Waals surface area contributed by atoms with Gasteiger partial charge in [-0.15, -0.1) is 0 Å². The van der Waals surface area contributed by atoms with Crippen LogP contribution in [0.1, 0.15) is 38.3 Å². The molecule has 0 spiro atoms. The van der Waals surface area contributed by atoms with Gasteiger partial charge >= 0.3 is 0 Å². The summed E-state index contributed by atoms with van der Waals surface area (Å²) in [5, 5.41) is 8.74. The molecule has 0 aromatic heterocycles. The molecule has 0 radical (unpaired) electrons. The molecule has 0 atom stereocenters. The molecule has 1 N–H and O–H groups in total. The number of aliphatic hydroxyl groups is 1. The van der Waals surface area contributed by atoms with E-state index in [2.05, 4.69) is 11.8 Å².